The Hall–Kier alpha value is -1.56. The SMILES string of the molecule is COc1ccc(F)cc1CC1(C#N)CCC1. The minimum absolute atomic E-state index is 0.275. The lowest BCUT2D eigenvalue weighted by Crippen LogP contribution is -2.30. The molecule has 2 rings (SSSR count). The van der Waals surface area contributed by atoms with Crippen molar-refractivity contribution in [3.8, 4) is 11.8 Å². The number of hydrogen-bond donors (Lipinski definition) is 0. The Morgan fingerprint density at radius 2 is 2.25 bits per heavy atom. The summed E-state index contributed by atoms with van der Waals surface area (Å²) in [7, 11) is 1.57. The Morgan fingerprint density at radius 1 is 1.50 bits per heavy atom. The monoisotopic (exact) mass is 219 g/mol. The maximum absolute atomic E-state index is 13.1. The minimum atomic E-state index is -0.291. The molecule has 0 atom stereocenters. The van der Waals surface area contributed by atoms with Crippen LogP contribution < -0.4 is 4.74 Å². The van der Waals surface area contributed by atoms with E-state index >= 15 is 0 Å². The molecule has 0 aliphatic heterocycles. The fraction of sp³-hybridized carbons (Fsp3) is 0.462. The van der Waals surface area contributed by atoms with Gasteiger partial charge in [-0.05, 0) is 43.0 Å². The van der Waals surface area contributed by atoms with E-state index in [2.05, 4.69) is 6.07 Å². The molecule has 0 N–H and O–H groups in total. The average molecular weight is 219 g/mol. The molecule has 0 unspecified atom stereocenters. The van der Waals surface area contributed by atoms with Crippen molar-refractivity contribution >= 4 is 0 Å². The van der Waals surface area contributed by atoms with Crippen molar-refractivity contribution in [1.29, 1.82) is 5.26 Å². The minimum Gasteiger partial charge on any atom is -0.496 e. The van der Waals surface area contributed by atoms with Gasteiger partial charge in [0.05, 0.1) is 18.6 Å². The van der Waals surface area contributed by atoms with Gasteiger partial charge in [-0.2, -0.15) is 5.26 Å². The summed E-state index contributed by atoms with van der Waals surface area (Å²) in [6.07, 6.45) is 3.49. The second-order valence-corrected chi connectivity index (χ2v) is 4.38. The first-order valence-corrected chi connectivity index (χ1v) is 5.43. The van der Waals surface area contributed by atoms with Crippen molar-refractivity contribution in [2.75, 3.05) is 7.11 Å². The number of halogens is 1. The normalized spacial score (nSPS) is 17.3. The highest BCUT2D eigenvalue weighted by atomic mass is 19.1. The Labute approximate surface area is 94.7 Å². The van der Waals surface area contributed by atoms with E-state index in [1.807, 2.05) is 0 Å². The van der Waals surface area contributed by atoms with Gasteiger partial charge in [0.25, 0.3) is 0 Å². The number of nitrogens with zero attached hydrogens (tertiary/aromatic N) is 1. The van der Waals surface area contributed by atoms with E-state index in [0.717, 1.165) is 24.8 Å². The van der Waals surface area contributed by atoms with Crippen LogP contribution in [0.4, 0.5) is 4.39 Å². The molecular formula is C13H14FNO. The van der Waals surface area contributed by atoms with Crippen molar-refractivity contribution in [3.05, 3.63) is 29.6 Å². The number of rotatable bonds is 3. The van der Waals surface area contributed by atoms with E-state index in [0.29, 0.717) is 12.2 Å². The number of nitriles is 1. The summed E-state index contributed by atoms with van der Waals surface area (Å²) in [5, 5.41) is 9.15. The highest BCUT2D eigenvalue weighted by Gasteiger charge is 2.37. The lowest BCUT2D eigenvalue weighted by Gasteiger charge is -2.35. The van der Waals surface area contributed by atoms with Gasteiger partial charge in [0.2, 0.25) is 0 Å². The van der Waals surface area contributed by atoms with Crippen molar-refractivity contribution in [3.63, 3.8) is 0 Å². The maximum Gasteiger partial charge on any atom is 0.123 e. The fourth-order valence-corrected chi connectivity index (χ4v) is 2.18. The van der Waals surface area contributed by atoms with Crippen molar-refractivity contribution in [2.45, 2.75) is 25.7 Å². The molecule has 2 nitrogen and oxygen atoms in total. The van der Waals surface area contributed by atoms with Crippen molar-refractivity contribution in [2.24, 2.45) is 5.41 Å². The molecule has 0 saturated heterocycles. The van der Waals surface area contributed by atoms with Crippen LogP contribution in [0.25, 0.3) is 0 Å². The molecule has 0 bridgehead atoms. The molecule has 0 amide bonds. The number of ether oxygens (including phenoxy) is 1. The molecule has 16 heavy (non-hydrogen) atoms. The van der Waals surface area contributed by atoms with Gasteiger partial charge in [0, 0.05) is 0 Å². The standard InChI is InChI=1S/C13H14FNO/c1-16-12-4-3-11(14)7-10(12)8-13(9-15)5-2-6-13/h3-4,7H,2,5-6,8H2,1H3. The van der Waals surface area contributed by atoms with Gasteiger partial charge < -0.3 is 4.74 Å². The fourth-order valence-electron chi connectivity index (χ4n) is 2.18. The van der Waals surface area contributed by atoms with E-state index in [9.17, 15) is 4.39 Å². The van der Waals surface area contributed by atoms with Gasteiger partial charge in [0.1, 0.15) is 11.6 Å². The van der Waals surface area contributed by atoms with E-state index < -0.39 is 0 Å². The maximum atomic E-state index is 13.1. The highest BCUT2D eigenvalue weighted by molar-refractivity contribution is 5.36. The molecule has 0 spiro atoms. The first kappa shape index (κ1) is 10.9. The largest absolute Gasteiger partial charge is 0.496 e. The lowest BCUT2D eigenvalue weighted by molar-refractivity contribution is 0.211. The summed E-state index contributed by atoms with van der Waals surface area (Å²) in [6, 6.07) is 6.82. The number of methoxy groups -OCH3 is 1. The van der Waals surface area contributed by atoms with Gasteiger partial charge >= 0.3 is 0 Å². The summed E-state index contributed by atoms with van der Waals surface area (Å²) >= 11 is 0. The van der Waals surface area contributed by atoms with Crippen LogP contribution in [0.15, 0.2) is 18.2 Å². The molecule has 0 aromatic heterocycles. The molecule has 84 valence electrons. The zero-order valence-corrected chi connectivity index (χ0v) is 9.29. The van der Waals surface area contributed by atoms with Crippen LogP contribution in [0.5, 0.6) is 5.75 Å². The zero-order valence-electron chi connectivity index (χ0n) is 9.29. The molecule has 0 radical (unpaired) electrons. The number of benzene rings is 1. The summed E-state index contributed by atoms with van der Waals surface area (Å²) in [4.78, 5) is 0. The van der Waals surface area contributed by atoms with E-state index in [1.54, 1.807) is 13.2 Å². The molecular weight excluding hydrogens is 205 g/mol. The Morgan fingerprint density at radius 3 is 2.75 bits per heavy atom. The van der Waals surface area contributed by atoms with Gasteiger partial charge in [-0.25, -0.2) is 4.39 Å². The predicted octanol–water partition coefficient (Wildman–Crippen LogP) is 3.07. The molecule has 3 heteroatoms. The third-order valence-corrected chi connectivity index (χ3v) is 3.32. The average Bonchev–Trinajstić information content (AvgIpc) is 2.24. The van der Waals surface area contributed by atoms with Crippen LogP contribution in [0, 0.1) is 22.6 Å². The quantitative estimate of drug-likeness (QED) is 0.782. The predicted molar refractivity (Wildman–Crippen MR) is 58.6 cm³/mol. The van der Waals surface area contributed by atoms with E-state index in [4.69, 9.17) is 10.00 Å². The summed E-state index contributed by atoms with van der Waals surface area (Å²) in [5.74, 6) is 0.395. The topological polar surface area (TPSA) is 33.0 Å². The van der Waals surface area contributed by atoms with Crippen LogP contribution in [0.2, 0.25) is 0 Å². The zero-order chi connectivity index (χ0) is 11.6. The third-order valence-electron chi connectivity index (χ3n) is 3.32. The van der Waals surface area contributed by atoms with Crippen LogP contribution in [-0.2, 0) is 6.42 Å². The van der Waals surface area contributed by atoms with E-state index in [-0.39, 0.29) is 11.2 Å². The molecule has 0 heterocycles. The molecule has 1 fully saturated rings. The Bertz CT molecular complexity index is 432. The second-order valence-electron chi connectivity index (χ2n) is 4.38. The molecule has 1 aromatic rings. The van der Waals surface area contributed by atoms with Gasteiger partial charge in [-0.1, -0.05) is 6.42 Å². The number of hydrogen-bond acceptors (Lipinski definition) is 2. The summed E-state index contributed by atoms with van der Waals surface area (Å²) in [5.41, 5.74) is 0.505. The molecule has 1 saturated carbocycles. The lowest BCUT2D eigenvalue weighted by atomic mass is 9.66. The summed E-state index contributed by atoms with van der Waals surface area (Å²) < 4.78 is 18.3. The highest BCUT2D eigenvalue weighted by Crippen LogP contribution is 2.44. The second kappa shape index (κ2) is 4.13. The first-order valence-electron chi connectivity index (χ1n) is 5.43. The Kier molecular flexibility index (Phi) is 2.82. The van der Waals surface area contributed by atoms with Crippen molar-refractivity contribution < 1.29 is 9.13 Å². The molecule has 1 aliphatic rings. The van der Waals surface area contributed by atoms with Crippen LogP contribution in [-0.4, -0.2) is 7.11 Å². The first-order chi connectivity index (χ1) is 7.69. The van der Waals surface area contributed by atoms with Crippen LogP contribution in [0.3, 0.4) is 0 Å². The molecule has 1 aliphatic carbocycles. The smallest absolute Gasteiger partial charge is 0.123 e. The van der Waals surface area contributed by atoms with Gasteiger partial charge in [-0.15, -0.1) is 0 Å². The van der Waals surface area contributed by atoms with E-state index in [1.165, 1.54) is 12.1 Å². The summed E-state index contributed by atoms with van der Waals surface area (Å²) in [6.45, 7) is 0. The van der Waals surface area contributed by atoms with Gasteiger partial charge in [-0.3, -0.25) is 0 Å². The third kappa shape index (κ3) is 1.88. The van der Waals surface area contributed by atoms with Gasteiger partial charge in [0.15, 0.2) is 0 Å². The van der Waals surface area contributed by atoms with Crippen LogP contribution >= 0.6 is 0 Å². The van der Waals surface area contributed by atoms with Crippen molar-refractivity contribution in [1.82, 2.24) is 0 Å². The van der Waals surface area contributed by atoms with Crippen LogP contribution in [0.1, 0.15) is 24.8 Å². The Balaban J connectivity index is 2.26. The molecule has 1 aromatic carbocycles.